The highest BCUT2D eigenvalue weighted by atomic mass is 15.2. The number of benzene rings is 1. The predicted molar refractivity (Wildman–Crippen MR) is 79.7 cm³/mol. The van der Waals surface area contributed by atoms with E-state index in [0.29, 0.717) is 6.04 Å². The summed E-state index contributed by atoms with van der Waals surface area (Å²) < 4.78 is 0. The lowest BCUT2D eigenvalue weighted by Gasteiger charge is -2.37. The smallest absolute Gasteiger partial charge is 0.0604 e. The molecular weight excluding hydrogens is 222 g/mol. The van der Waals surface area contributed by atoms with Crippen LogP contribution in [0, 0.1) is 0 Å². The van der Waals surface area contributed by atoms with E-state index in [1.54, 1.807) is 0 Å². The lowest BCUT2D eigenvalue weighted by Crippen LogP contribution is -2.50. The summed E-state index contributed by atoms with van der Waals surface area (Å²) in [5, 5.41) is 3.61. The first-order chi connectivity index (χ1) is 8.72. The average molecular weight is 247 g/mol. The normalized spacial score (nSPS) is 19.9. The molecule has 0 spiro atoms. The van der Waals surface area contributed by atoms with Crippen LogP contribution in [0.3, 0.4) is 0 Å². The SMILES string of the molecule is CCCC1CN(c2ccccc2N(C)C)CCN1. The summed E-state index contributed by atoms with van der Waals surface area (Å²) in [7, 11) is 4.23. The summed E-state index contributed by atoms with van der Waals surface area (Å²) in [5.41, 5.74) is 2.68. The van der Waals surface area contributed by atoms with Crippen LogP contribution in [-0.4, -0.2) is 39.8 Å². The Balaban J connectivity index is 2.15. The van der Waals surface area contributed by atoms with E-state index in [1.165, 1.54) is 24.2 Å². The molecule has 1 aliphatic heterocycles. The highest BCUT2D eigenvalue weighted by Gasteiger charge is 2.20. The first-order valence-electron chi connectivity index (χ1n) is 6.97. The molecule has 1 atom stereocenters. The van der Waals surface area contributed by atoms with Gasteiger partial charge in [0.2, 0.25) is 0 Å². The molecule has 1 aromatic rings. The van der Waals surface area contributed by atoms with E-state index in [1.807, 2.05) is 0 Å². The summed E-state index contributed by atoms with van der Waals surface area (Å²) in [6.07, 6.45) is 2.52. The first-order valence-corrected chi connectivity index (χ1v) is 6.97. The van der Waals surface area contributed by atoms with E-state index in [-0.39, 0.29) is 0 Å². The van der Waals surface area contributed by atoms with Crippen LogP contribution in [0.15, 0.2) is 24.3 Å². The molecule has 1 aliphatic rings. The molecule has 0 radical (unpaired) electrons. The summed E-state index contributed by atoms with van der Waals surface area (Å²) in [4.78, 5) is 4.72. The molecule has 0 saturated carbocycles. The molecule has 3 nitrogen and oxygen atoms in total. The van der Waals surface area contributed by atoms with E-state index in [0.717, 1.165) is 19.6 Å². The Labute approximate surface area is 111 Å². The van der Waals surface area contributed by atoms with E-state index < -0.39 is 0 Å². The van der Waals surface area contributed by atoms with Crippen molar-refractivity contribution >= 4 is 11.4 Å². The Hall–Kier alpha value is -1.22. The van der Waals surface area contributed by atoms with Gasteiger partial charge >= 0.3 is 0 Å². The largest absolute Gasteiger partial charge is 0.376 e. The zero-order valence-electron chi connectivity index (χ0n) is 11.8. The van der Waals surface area contributed by atoms with Crippen LogP contribution < -0.4 is 15.1 Å². The van der Waals surface area contributed by atoms with Gasteiger partial charge in [0, 0.05) is 39.8 Å². The third kappa shape index (κ3) is 2.96. The van der Waals surface area contributed by atoms with Gasteiger partial charge in [0.1, 0.15) is 0 Å². The van der Waals surface area contributed by atoms with Gasteiger partial charge < -0.3 is 15.1 Å². The standard InChI is InChI=1S/C15H25N3/c1-4-7-13-12-18(11-10-16-13)15-9-6-5-8-14(15)17(2)3/h5-6,8-9,13,16H,4,7,10-12H2,1-3H3. The second kappa shape index (κ2) is 6.10. The summed E-state index contributed by atoms with van der Waals surface area (Å²) >= 11 is 0. The molecule has 3 heteroatoms. The number of nitrogens with one attached hydrogen (secondary N) is 1. The van der Waals surface area contributed by atoms with Crippen LogP contribution in [0.5, 0.6) is 0 Å². The monoisotopic (exact) mass is 247 g/mol. The van der Waals surface area contributed by atoms with Crippen molar-refractivity contribution < 1.29 is 0 Å². The molecule has 0 amide bonds. The van der Waals surface area contributed by atoms with Crippen molar-refractivity contribution in [3.63, 3.8) is 0 Å². The van der Waals surface area contributed by atoms with Crippen molar-refractivity contribution in [2.75, 3.05) is 43.5 Å². The zero-order valence-corrected chi connectivity index (χ0v) is 11.8. The van der Waals surface area contributed by atoms with E-state index in [2.05, 4.69) is 60.4 Å². The molecule has 18 heavy (non-hydrogen) atoms. The number of hydrogen-bond acceptors (Lipinski definition) is 3. The minimum Gasteiger partial charge on any atom is -0.376 e. The lowest BCUT2D eigenvalue weighted by molar-refractivity contribution is 0.431. The molecule has 1 fully saturated rings. The molecule has 0 bridgehead atoms. The Morgan fingerprint density at radius 2 is 2.11 bits per heavy atom. The summed E-state index contributed by atoms with van der Waals surface area (Å²) in [5.74, 6) is 0. The maximum atomic E-state index is 3.61. The summed E-state index contributed by atoms with van der Waals surface area (Å²) in [6.45, 7) is 5.57. The molecular formula is C15H25N3. The highest BCUT2D eigenvalue weighted by molar-refractivity contribution is 5.71. The second-order valence-corrected chi connectivity index (χ2v) is 5.27. The second-order valence-electron chi connectivity index (χ2n) is 5.27. The molecule has 1 unspecified atom stereocenters. The predicted octanol–water partition coefficient (Wildman–Crippen LogP) is 2.33. The molecule has 0 aliphatic carbocycles. The van der Waals surface area contributed by atoms with Crippen molar-refractivity contribution in [1.29, 1.82) is 0 Å². The van der Waals surface area contributed by atoms with Gasteiger partial charge in [-0.15, -0.1) is 0 Å². The quantitative estimate of drug-likeness (QED) is 0.881. The Morgan fingerprint density at radius 1 is 1.33 bits per heavy atom. The highest BCUT2D eigenvalue weighted by Crippen LogP contribution is 2.28. The molecule has 2 rings (SSSR count). The van der Waals surface area contributed by atoms with Crippen LogP contribution in [0.1, 0.15) is 19.8 Å². The summed E-state index contributed by atoms with van der Waals surface area (Å²) in [6, 6.07) is 9.33. The Kier molecular flexibility index (Phi) is 4.48. The molecule has 1 aromatic carbocycles. The van der Waals surface area contributed by atoms with Crippen LogP contribution in [0.4, 0.5) is 11.4 Å². The average Bonchev–Trinajstić information content (AvgIpc) is 2.39. The first kappa shape index (κ1) is 13.2. The maximum absolute atomic E-state index is 3.61. The van der Waals surface area contributed by atoms with E-state index in [4.69, 9.17) is 0 Å². The number of hydrogen-bond donors (Lipinski definition) is 1. The number of para-hydroxylation sites is 2. The van der Waals surface area contributed by atoms with Crippen molar-refractivity contribution in [3.05, 3.63) is 24.3 Å². The third-order valence-electron chi connectivity index (χ3n) is 3.60. The van der Waals surface area contributed by atoms with Gasteiger partial charge in [-0.2, -0.15) is 0 Å². The fraction of sp³-hybridized carbons (Fsp3) is 0.600. The van der Waals surface area contributed by atoms with E-state index in [9.17, 15) is 0 Å². The number of anilines is 2. The fourth-order valence-electron chi connectivity index (χ4n) is 2.70. The Morgan fingerprint density at radius 3 is 2.83 bits per heavy atom. The van der Waals surface area contributed by atoms with Crippen molar-refractivity contribution in [1.82, 2.24) is 5.32 Å². The molecule has 1 N–H and O–H groups in total. The zero-order chi connectivity index (χ0) is 13.0. The third-order valence-corrected chi connectivity index (χ3v) is 3.60. The topological polar surface area (TPSA) is 18.5 Å². The molecule has 0 aromatic heterocycles. The maximum Gasteiger partial charge on any atom is 0.0604 e. The van der Waals surface area contributed by atoms with Gasteiger partial charge in [0.25, 0.3) is 0 Å². The van der Waals surface area contributed by atoms with Gasteiger partial charge in [-0.3, -0.25) is 0 Å². The van der Waals surface area contributed by atoms with Crippen LogP contribution in [0.2, 0.25) is 0 Å². The minimum atomic E-state index is 0.638. The molecule has 1 heterocycles. The van der Waals surface area contributed by atoms with Crippen LogP contribution >= 0.6 is 0 Å². The lowest BCUT2D eigenvalue weighted by atomic mass is 10.1. The molecule has 1 saturated heterocycles. The van der Waals surface area contributed by atoms with Gasteiger partial charge in [-0.05, 0) is 18.6 Å². The van der Waals surface area contributed by atoms with Gasteiger partial charge in [-0.1, -0.05) is 25.5 Å². The van der Waals surface area contributed by atoms with Gasteiger partial charge in [-0.25, -0.2) is 0 Å². The van der Waals surface area contributed by atoms with Crippen LogP contribution in [-0.2, 0) is 0 Å². The fourth-order valence-corrected chi connectivity index (χ4v) is 2.70. The number of piperazine rings is 1. The van der Waals surface area contributed by atoms with E-state index >= 15 is 0 Å². The van der Waals surface area contributed by atoms with Crippen molar-refractivity contribution in [2.24, 2.45) is 0 Å². The van der Waals surface area contributed by atoms with Crippen molar-refractivity contribution in [2.45, 2.75) is 25.8 Å². The number of nitrogens with zero attached hydrogens (tertiary/aromatic N) is 2. The van der Waals surface area contributed by atoms with Gasteiger partial charge in [0.15, 0.2) is 0 Å². The van der Waals surface area contributed by atoms with Crippen molar-refractivity contribution in [3.8, 4) is 0 Å². The number of rotatable bonds is 4. The van der Waals surface area contributed by atoms with Crippen LogP contribution in [0.25, 0.3) is 0 Å². The minimum absolute atomic E-state index is 0.638. The molecule has 100 valence electrons. The Bertz CT molecular complexity index is 374. The van der Waals surface area contributed by atoms with Gasteiger partial charge in [0.05, 0.1) is 11.4 Å².